The van der Waals surface area contributed by atoms with Crippen LogP contribution in [0.5, 0.6) is 0 Å². The number of hydrogen-bond donors (Lipinski definition) is 0. The van der Waals surface area contributed by atoms with E-state index >= 15 is 0 Å². The molecule has 0 spiro atoms. The predicted molar refractivity (Wildman–Crippen MR) is 147 cm³/mol. The maximum Gasteiger partial charge on any atom is 0 e. The largest absolute Gasteiger partial charge is 0 e. The number of hydrogen-bond acceptors (Lipinski definition) is 0. The third-order valence-corrected chi connectivity index (χ3v) is 5.17. The second-order valence-electron chi connectivity index (χ2n) is 5.05. The molecule has 1 rings (SSSR count). The van der Waals surface area contributed by atoms with E-state index in [4.69, 9.17) is 6.58 Å². The molecule has 1 aromatic carbocycles. The minimum absolute atomic E-state index is 0. The van der Waals surface area contributed by atoms with Gasteiger partial charge >= 0.3 is 186 Å². The summed E-state index contributed by atoms with van der Waals surface area (Å²) in [5.74, 6) is 0. The van der Waals surface area contributed by atoms with Crippen molar-refractivity contribution in [2.24, 2.45) is 0 Å². The van der Waals surface area contributed by atoms with Gasteiger partial charge in [0, 0.05) is 55.7 Å². The Morgan fingerprint density at radius 1 is 0.838 bits per heavy atom. The first kappa shape index (κ1) is 53.8. The quantitative estimate of drug-likeness (QED) is 0.169. The Hall–Kier alpha value is 0.646. The van der Waals surface area contributed by atoms with E-state index in [1.165, 1.54) is 10.3 Å². The number of benzene rings is 1. The summed E-state index contributed by atoms with van der Waals surface area (Å²) in [7, 11) is 0. The van der Waals surface area contributed by atoms with Gasteiger partial charge in [-0.05, 0) is 0 Å². The van der Waals surface area contributed by atoms with Gasteiger partial charge in [-0.15, -0.1) is 0 Å². The first-order valence-electron chi connectivity index (χ1n) is 11.8. The van der Waals surface area contributed by atoms with Crippen molar-refractivity contribution >= 4 is 12.7 Å². The monoisotopic (exact) mass is 720 g/mol. The standard InChI is InChI=1S/C23H18.4C2H6.6V/c1-3-4-5-6-7-8-9-10-11-12-13-14-15-16-20-23-21-18-17-19-22(23)2;4*1-2;;;;;;/h1,3-5,8-10,14-19,21H,2,12H2;4*1-2H3;;;;;;/q-4;;;;;;;;;;+2. The van der Waals surface area contributed by atoms with Gasteiger partial charge in [-0.25, -0.2) is 0 Å². The summed E-state index contributed by atoms with van der Waals surface area (Å²) in [5, 5.41) is 0. The Morgan fingerprint density at radius 3 is 1.86 bits per heavy atom. The van der Waals surface area contributed by atoms with Gasteiger partial charge in [0.05, 0.1) is 0 Å². The zero-order chi connectivity index (χ0) is 27.2. The molecular weight excluding hydrogens is 678 g/mol. The molecule has 198 valence electrons. The molecule has 0 aromatic heterocycles. The molecule has 37 heavy (non-hydrogen) atoms. The zero-order valence-electron chi connectivity index (χ0n) is 23.7. The first-order valence-corrected chi connectivity index (χ1v) is 13.9. The van der Waals surface area contributed by atoms with Crippen molar-refractivity contribution in [1.29, 1.82) is 0 Å². The maximum absolute atomic E-state index is 5.33. The minimum atomic E-state index is 0. The SMILES string of the molecule is CC.CC.CC.CC.[CH-]=CC=C[C](=[V+2])[C](=[V])C=CC=[C-]C[C](=[V])C=CC=[C-]c1ccccc1[CH2-].[V].[V].[V]. The molecule has 6 heteroatoms. The topological polar surface area (TPSA) is 0 Å². The van der Waals surface area contributed by atoms with Crippen LogP contribution < -0.4 is 0 Å². The second kappa shape index (κ2) is 46.5. The van der Waals surface area contributed by atoms with E-state index in [9.17, 15) is 0 Å². The molecule has 0 heterocycles. The summed E-state index contributed by atoms with van der Waals surface area (Å²) >= 11 is 7.63. The summed E-state index contributed by atoms with van der Waals surface area (Å²) in [6.45, 7) is 25.3. The van der Waals surface area contributed by atoms with Crippen LogP contribution >= 0.6 is 0 Å². The van der Waals surface area contributed by atoms with E-state index in [1.54, 1.807) is 6.08 Å². The van der Waals surface area contributed by atoms with Gasteiger partial charge in [0.2, 0.25) is 0 Å². The molecule has 0 amide bonds. The summed E-state index contributed by atoms with van der Waals surface area (Å²) in [6, 6.07) is 7.94. The van der Waals surface area contributed by atoms with Crippen molar-refractivity contribution < 1.29 is 107 Å². The fourth-order valence-electron chi connectivity index (χ4n) is 1.71. The van der Waals surface area contributed by atoms with Crippen molar-refractivity contribution in [2.75, 3.05) is 0 Å². The van der Waals surface area contributed by atoms with E-state index < -0.39 is 0 Å². The van der Waals surface area contributed by atoms with Crippen molar-refractivity contribution in [2.45, 2.75) is 61.8 Å². The predicted octanol–water partition coefficient (Wildman–Crippen LogP) is 8.24. The Morgan fingerprint density at radius 2 is 1.35 bits per heavy atom. The van der Waals surface area contributed by atoms with Crippen molar-refractivity contribution in [3.05, 3.63) is 116 Å². The van der Waals surface area contributed by atoms with Gasteiger partial charge in [-0.3, -0.25) is 0 Å². The second-order valence-corrected chi connectivity index (χ2v) is 7.45. The Balaban J connectivity index is -0.000000149. The Kier molecular flexibility index (Phi) is 67.6. The van der Waals surface area contributed by atoms with Gasteiger partial charge in [-0.2, -0.15) is 0 Å². The van der Waals surface area contributed by atoms with E-state index in [1.807, 2.05) is 122 Å². The molecular formula is C31H42V6-2. The average Bonchev–Trinajstić information content (AvgIpc) is 2.90. The van der Waals surface area contributed by atoms with Crippen LogP contribution in [-0.4, -0.2) is 12.7 Å². The number of rotatable bonds is 10. The molecule has 0 N–H and O–H groups in total. The van der Waals surface area contributed by atoms with Gasteiger partial charge in [0.1, 0.15) is 0 Å². The molecule has 3 radical (unpaired) electrons. The normalized spacial score (nSPS) is 9.08. The molecule has 0 aliphatic heterocycles. The third kappa shape index (κ3) is 36.6. The van der Waals surface area contributed by atoms with E-state index in [-0.39, 0.29) is 55.7 Å². The van der Waals surface area contributed by atoms with Crippen LogP contribution in [0.2, 0.25) is 0 Å². The molecule has 0 unspecified atom stereocenters. The van der Waals surface area contributed by atoms with Gasteiger partial charge in [0.15, 0.2) is 0 Å². The molecule has 0 nitrogen and oxygen atoms in total. The molecule has 0 saturated carbocycles. The smallest absolute Gasteiger partial charge is 0 e. The van der Waals surface area contributed by atoms with Crippen LogP contribution in [0, 0.1) is 25.7 Å². The first-order chi connectivity index (χ1) is 16.5. The van der Waals surface area contributed by atoms with Crippen LogP contribution in [0.3, 0.4) is 0 Å². The van der Waals surface area contributed by atoms with Crippen LogP contribution in [0.1, 0.15) is 72.9 Å². The van der Waals surface area contributed by atoms with Gasteiger partial charge in [-0.1, -0.05) is 55.4 Å². The van der Waals surface area contributed by atoms with Crippen molar-refractivity contribution in [1.82, 2.24) is 0 Å². The fourth-order valence-corrected chi connectivity index (χ4v) is 2.48. The summed E-state index contributed by atoms with van der Waals surface area (Å²) < 4.78 is 3.37. The molecule has 0 saturated heterocycles. The van der Waals surface area contributed by atoms with Crippen LogP contribution in [-0.2, 0) is 107 Å². The van der Waals surface area contributed by atoms with Crippen LogP contribution in [0.15, 0.2) is 78.9 Å². The van der Waals surface area contributed by atoms with Crippen LogP contribution in [0.4, 0.5) is 0 Å². The number of allylic oxidation sites excluding steroid dienone is 10. The fraction of sp³-hybridized carbons (Fsp3) is 0.290. The maximum atomic E-state index is 5.33. The molecule has 0 bridgehead atoms. The van der Waals surface area contributed by atoms with E-state index in [0.29, 0.717) is 0 Å². The van der Waals surface area contributed by atoms with Gasteiger partial charge in [0.25, 0.3) is 0 Å². The van der Waals surface area contributed by atoms with Crippen molar-refractivity contribution in [3.8, 4) is 0 Å². The van der Waals surface area contributed by atoms with Gasteiger partial charge < -0.3 is 0 Å². The molecule has 0 aliphatic rings. The Bertz CT molecular complexity index is 813. The Labute approximate surface area is 293 Å². The minimum Gasteiger partial charge on any atom is 0 e. The molecule has 0 atom stereocenters. The molecule has 0 fully saturated rings. The third-order valence-electron chi connectivity index (χ3n) is 3.02. The van der Waals surface area contributed by atoms with E-state index in [0.717, 1.165) is 26.0 Å². The van der Waals surface area contributed by atoms with Crippen molar-refractivity contribution in [3.63, 3.8) is 0 Å². The summed E-state index contributed by atoms with van der Waals surface area (Å²) in [4.78, 5) is 0. The summed E-state index contributed by atoms with van der Waals surface area (Å²) in [5.41, 5.74) is 1.99. The molecule has 0 aliphatic carbocycles. The zero-order valence-corrected chi connectivity index (χ0v) is 32.1. The van der Waals surface area contributed by atoms with E-state index in [2.05, 4.69) is 70.0 Å². The summed E-state index contributed by atoms with van der Waals surface area (Å²) in [6.07, 6.45) is 24.3. The average molecular weight is 720 g/mol. The molecule has 1 aromatic rings. The van der Waals surface area contributed by atoms with Crippen LogP contribution in [0.25, 0.3) is 0 Å².